The Morgan fingerprint density at radius 2 is 0.700 bits per heavy atom. The Balaban J connectivity index is 0. The topological polar surface area (TPSA) is 0 Å². The molecular formula is C31H63Li2Si7. The van der Waals surface area contributed by atoms with Crippen molar-refractivity contribution in [2.45, 2.75) is 133 Å². The molecule has 0 aromatic heterocycles. The summed E-state index contributed by atoms with van der Waals surface area (Å²) < 4.78 is 0. The van der Waals surface area contributed by atoms with Crippen LogP contribution in [0.1, 0.15) is 32.2 Å². The van der Waals surface area contributed by atoms with Crippen molar-refractivity contribution in [1.29, 1.82) is 0 Å². The Kier molecular flexibility index (Phi) is 16.0. The van der Waals surface area contributed by atoms with Crippen LogP contribution in [0.3, 0.4) is 0 Å². The van der Waals surface area contributed by atoms with Crippen LogP contribution in [0.5, 0.6) is 0 Å². The Hall–Kier alpha value is 1.41. The van der Waals surface area contributed by atoms with Gasteiger partial charge in [-0.3, -0.25) is 11.4 Å². The molecule has 0 aliphatic rings. The van der Waals surface area contributed by atoms with Crippen molar-refractivity contribution in [3.8, 4) is 0 Å². The maximum absolute atomic E-state index is 6.49. The Labute approximate surface area is 284 Å². The Bertz CT molecular complexity index is 892. The van der Waals surface area contributed by atoms with Gasteiger partial charge in [0.2, 0.25) is 0 Å². The summed E-state index contributed by atoms with van der Waals surface area (Å²) in [4.78, 5) is 0. The van der Waals surface area contributed by atoms with Gasteiger partial charge in [0.05, 0.1) is 8.80 Å². The van der Waals surface area contributed by atoms with Crippen molar-refractivity contribution in [1.82, 2.24) is 0 Å². The van der Waals surface area contributed by atoms with Crippen LogP contribution in [0.4, 0.5) is 0 Å². The summed E-state index contributed by atoms with van der Waals surface area (Å²) in [7, 11) is -10.4. The monoisotopic (exact) mass is 645 g/mol. The third kappa shape index (κ3) is 10.8. The van der Waals surface area contributed by atoms with Crippen LogP contribution in [0.25, 0.3) is 0 Å². The van der Waals surface area contributed by atoms with Gasteiger partial charge in [0.15, 0.2) is 0 Å². The van der Waals surface area contributed by atoms with E-state index in [1.165, 1.54) is 0 Å². The Morgan fingerprint density at radius 3 is 0.875 bits per heavy atom. The summed E-state index contributed by atoms with van der Waals surface area (Å²) in [6, 6.07) is 5.51. The fraction of sp³-hybridized carbons (Fsp3) is 0.677. The molecule has 0 amide bonds. The van der Waals surface area contributed by atoms with Crippen LogP contribution < -0.4 is 42.9 Å². The SMILES string of the molecule is [CH-]=C[Si](C=[CH-])c1c(C([Si](C)(C)C)[Si](C)(C)C)cc(C([Si](C)(C)C)[Si](C)(C)C)cc1C([Si](C)(C)C)[Si](C)(C)C.[Li+].[Li+]. The number of benzene rings is 1. The maximum atomic E-state index is 6.49. The molecule has 1 radical (unpaired) electrons. The van der Waals surface area contributed by atoms with Crippen LogP contribution in [0.2, 0.25) is 118 Å². The predicted molar refractivity (Wildman–Crippen MR) is 198 cm³/mol. The smallest absolute Gasteiger partial charge is 0.522 e. The first-order valence-electron chi connectivity index (χ1n) is 14.7. The molecule has 0 nitrogen and oxygen atoms in total. The van der Waals surface area contributed by atoms with E-state index < -0.39 is 57.2 Å². The van der Waals surface area contributed by atoms with Gasteiger partial charge in [-0.25, -0.2) is 0 Å². The molecule has 0 heterocycles. The first-order valence-corrected chi connectivity index (χ1v) is 37.9. The van der Waals surface area contributed by atoms with Gasteiger partial charge in [0.25, 0.3) is 0 Å². The molecule has 217 valence electrons. The van der Waals surface area contributed by atoms with Crippen LogP contribution in [0, 0.1) is 13.2 Å². The molecule has 40 heavy (non-hydrogen) atoms. The molecule has 0 unspecified atom stereocenters. The van der Waals surface area contributed by atoms with Crippen molar-refractivity contribution < 1.29 is 37.7 Å². The largest absolute Gasteiger partial charge is 1.00 e. The molecule has 0 spiro atoms. The zero-order valence-corrected chi connectivity index (χ0v) is 37.7. The van der Waals surface area contributed by atoms with Crippen LogP contribution in [0.15, 0.2) is 23.5 Å². The molecule has 0 fully saturated rings. The molecule has 0 bridgehead atoms. The summed E-state index contributed by atoms with van der Waals surface area (Å²) in [5.41, 5.74) is 9.00. The van der Waals surface area contributed by atoms with E-state index in [1.807, 2.05) is 11.4 Å². The van der Waals surface area contributed by atoms with Crippen molar-refractivity contribution in [3.63, 3.8) is 0 Å². The van der Waals surface area contributed by atoms with Crippen molar-refractivity contribution >= 4 is 62.4 Å². The van der Waals surface area contributed by atoms with E-state index in [0.717, 1.165) is 5.16 Å². The Morgan fingerprint density at radius 1 is 0.475 bits per heavy atom. The van der Waals surface area contributed by atoms with Crippen LogP contribution in [-0.2, 0) is 0 Å². The molecule has 1 aromatic rings. The van der Waals surface area contributed by atoms with Crippen LogP contribution >= 0.6 is 0 Å². The van der Waals surface area contributed by atoms with Gasteiger partial charge < -0.3 is 13.2 Å². The summed E-state index contributed by atoms with van der Waals surface area (Å²) in [6.45, 7) is 60.0. The van der Waals surface area contributed by atoms with Gasteiger partial charge >= 0.3 is 37.7 Å². The van der Waals surface area contributed by atoms with E-state index >= 15 is 0 Å². The molecule has 0 saturated heterocycles. The number of hydrogen-bond donors (Lipinski definition) is 0. The molecule has 0 N–H and O–H groups in total. The molecule has 0 aliphatic heterocycles. The van der Waals surface area contributed by atoms with Gasteiger partial charge in [0, 0.05) is 48.4 Å². The minimum Gasteiger partial charge on any atom is -0.522 e. The van der Waals surface area contributed by atoms with Crippen molar-refractivity contribution in [2.75, 3.05) is 0 Å². The zero-order chi connectivity index (χ0) is 30.4. The predicted octanol–water partition coefficient (Wildman–Crippen LogP) is 3.97. The third-order valence-electron chi connectivity index (χ3n) is 8.02. The van der Waals surface area contributed by atoms with E-state index in [9.17, 15) is 0 Å². The van der Waals surface area contributed by atoms with E-state index in [4.69, 9.17) is 13.2 Å². The summed E-state index contributed by atoms with van der Waals surface area (Å²) >= 11 is 0. The van der Waals surface area contributed by atoms with Crippen molar-refractivity contribution in [3.05, 3.63) is 53.4 Å². The quantitative estimate of drug-likeness (QED) is 0.239. The molecule has 0 atom stereocenters. The van der Waals surface area contributed by atoms with Crippen molar-refractivity contribution in [2.24, 2.45) is 0 Å². The van der Waals surface area contributed by atoms with Gasteiger partial charge in [-0.15, -0.1) is 0 Å². The average molecular weight is 646 g/mol. The number of hydrogen-bond acceptors (Lipinski definition) is 0. The van der Waals surface area contributed by atoms with E-state index in [0.29, 0.717) is 10.3 Å². The van der Waals surface area contributed by atoms with Gasteiger partial charge in [-0.1, -0.05) is 146 Å². The molecule has 0 saturated carbocycles. The second-order valence-electron chi connectivity index (χ2n) is 18.4. The second kappa shape index (κ2) is 14.7. The first kappa shape index (κ1) is 43.5. The normalized spacial score (nSPS) is 13.9. The molecule has 9 heteroatoms. The molecular weight excluding hydrogens is 583 g/mol. The molecule has 1 rings (SSSR count). The summed E-state index contributed by atoms with van der Waals surface area (Å²) in [6.07, 6.45) is 0. The summed E-state index contributed by atoms with van der Waals surface area (Å²) in [5, 5.41) is 3.68. The van der Waals surface area contributed by atoms with Gasteiger partial charge in [-0.2, -0.15) is 0 Å². The third-order valence-corrected chi connectivity index (χ3v) is 37.8. The zero-order valence-electron chi connectivity index (χ0n) is 30.7. The standard InChI is InChI=1S/C31H63Si7.2Li/c1-21-32(22-2)28-26(30(35(9,10)11)36(12,13)14)23-25(29(33(3,4)5)34(6,7)8)24-27(28)31(37(15,16)17)38(18,19)20;;/h1-2,21-24,29-31H,3-20H3;;/q-2;2*+1. The molecule has 0 aliphatic carbocycles. The van der Waals surface area contributed by atoms with E-state index in [-0.39, 0.29) is 37.7 Å². The van der Waals surface area contributed by atoms with Crippen LogP contribution in [-0.4, -0.2) is 57.2 Å². The first-order chi connectivity index (χ1) is 16.6. The second-order valence-corrected chi connectivity index (χ2v) is 54.0. The molecule has 1 aromatic carbocycles. The van der Waals surface area contributed by atoms with E-state index in [1.54, 1.807) is 21.9 Å². The van der Waals surface area contributed by atoms with Gasteiger partial charge in [-0.05, 0) is 21.1 Å². The number of rotatable bonds is 12. The fourth-order valence-electron chi connectivity index (χ4n) is 8.65. The van der Waals surface area contributed by atoms with Gasteiger partial charge in [0.1, 0.15) is 0 Å². The maximum Gasteiger partial charge on any atom is 1.00 e. The minimum absolute atomic E-state index is 0. The minimum atomic E-state index is -1.55. The fourth-order valence-corrected chi connectivity index (χ4v) is 48.9. The summed E-state index contributed by atoms with van der Waals surface area (Å²) in [5.74, 6) is 0. The van der Waals surface area contributed by atoms with E-state index in [2.05, 4.69) is 130 Å². The average Bonchev–Trinajstić information content (AvgIpc) is 2.57.